The number of sulfonamides is 1. The van der Waals surface area contributed by atoms with Gasteiger partial charge in [0.1, 0.15) is 29.0 Å². The summed E-state index contributed by atoms with van der Waals surface area (Å²) in [6, 6.07) is 4.52. The molecule has 9 nitrogen and oxygen atoms in total. The molecule has 4 rings (SSSR count). The van der Waals surface area contributed by atoms with E-state index in [1.54, 1.807) is 18.0 Å². The van der Waals surface area contributed by atoms with Crippen molar-refractivity contribution in [2.75, 3.05) is 11.8 Å². The van der Waals surface area contributed by atoms with E-state index < -0.39 is 32.7 Å². The Kier molecular flexibility index (Phi) is 6.80. The van der Waals surface area contributed by atoms with E-state index in [4.69, 9.17) is 9.47 Å². The summed E-state index contributed by atoms with van der Waals surface area (Å²) in [5.74, 6) is -2.63. The number of halogens is 2. The van der Waals surface area contributed by atoms with Crippen molar-refractivity contribution < 1.29 is 26.7 Å². The molecule has 0 radical (unpaired) electrons. The third-order valence-electron chi connectivity index (χ3n) is 6.05. The fourth-order valence-corrected chi connectivity index (χ4v) is 5.53. The van der Waals surface area contributed by atoms with Gasteiger partial charge in [-0.2, -0.15) is 5.10 Å². The summed E-state index contributed by atoms with van der Waals surface area (Å²) in [7, 11) is -1.02. The van der Waals surface area contributed by atoms with Gasteiger partial charge in [-0.1, -0.05) is 6.92 Å². The molecule has 2 aromatic heterocycles. The average molecular weight is 494 g/mol. The molecule has 2 heterocycles. The molecule has 3 aromatic rings. The molecule has 1 fully saturated rings. The van der Waals surface area contributed by atoms with Crippen LogP contribution in [0.25, 0.3) is 0 Å². The number of aromatic nitrogens is 4. The highest BCUT2D eigenvalue weighted by Crippen LogP contribution is 2.41. The Hall–Kier alpha value is -3.12. The standard InChI is InChI=1S/C22H25F2N5O4S/c1-13-8-14(32-3)9-19(22(13)17-4-7-27-29(17)2)33-18-10-16(24)20(11-15(18)23)34(30,31)28-21-5-6-25-12-26-21/h4-7,10-14,19,22H,8-9H2,1-3H3,(H,25,26,28)/t13-,14-,19+,22-/m1/s1. The summed E-state index contributed by atoms with van der Waals surface area (Å²) in [6.07, 6.45) is 4.68. The minimum atomic E-state index is -4.43. The second kappa shape index (κ2) is 9.63. The Labute approximate surface area is 196 Å². The number of nitrogens with zero attached hydrogens (tertiary/aromatic N) is 4. The molecular formula is C22H25F2N5O4S. The molecule has 0 saturated heterocycles. The van der Waals surface area contributed by atoms with E-state index in [1.807, 2.05) is 20.0 Å². The molecule has 182 valence electrons. The van der Waals surface area contributed by atoms with Gasteiger partial charge in [-0.25, -0.2) is 27.2 Å². The molecule has 1 aliphatic rings. The number of benzene rings is 1. The lowest BCUT2D eigenvalue weighted by Crippen LogP contribution is -2.41. The van der Waals surface area contributed by atoms with Crippen LogP contribution in [-0.2, 0) is 21.8 Å². The third kappa shape index (κ3) is 4.87. The maximum atomic E-state index is 15.0. The van der Waals surface area contributed by atoms with Gasteiger partial charge < -0.3 is 9.47 Å². The molecule has 0 bridgehead atoms. The smallest absolute Gasteiger partial charge is 0.266 e. The molecule has 12 heteroatoms. The van der Waals surface area contributed by atoms with Crippen LogP contribution in [-0.4, -0.2) is 47.5 Å². The number of methoxy groups -OCH3 is 1. The quantitative estimate of drug-likeness (QED) is 0.538. The van der Waals surface area contributed by atoms with Crippen LogP contribution in [0.3, 0.4) is 0 Å². The van der Waals surface area contributed by atoms with Crippen LogP contribution in [0.5, 0.6) is 5.75 Å². The van der Waals surface area contributed by atoms with Gasteiger partial charge in [-0.05, 0) is 24.5 Å². The van der Waals surface area contributed by atoms with Gasteiger partial charge in [0.2, 0.25) is 0 Å². The van der Waals surface area contributed by atoms with E-state index in [2.05, 4.69) is 19.8 Å². The van der Waals surface area contributed by atoms with Gasteiger partial charge >= 0.3 is 0 Å². The molecule has 0 unspecified atom stereocenters. The number of anilines is 1. The van der Waals surface area contributed by atoms with Crippen LogP contribution in [0, 0.1) is 17.6 Å². The highest BCUT2D eigenvalue weighted by atomic mass is 32.2. The van der Waals surface area contributed by atoms with E-state index in [1.165, 1.54) is 12.3 Å². The number of hydrogen-bond acceptors (Lipinski definition) is 7. The number of rotatable bonds is 7. The zero-order valence-corrected chi connectivity index (χ0v) is 19.7. The Morgan fingerprint density at radius 3 is 2.59 bits per heavy atom. The van der Waals surface area contributed by atoms with E-state index in [0.717, 1.165) is 24.5 Å². The largest absolute Gasteiger partial charge is 0.486 e. The SMILES string of the molecule is CO[C@@H]1C[C@@H](C)[C@H](c2ccnn2C)[C@@H](Oc2cc(F)c(S(=O)(=O)Nc3ccncn3)cc2F)C1. The van der Waals surface area contributed by atoms with Crippen molar-refractivity contribution in [3.63, 3.8) is 0 Å². The second-order valence-electron chi connectivity index (χ2n) is 8.28. The van der Waals surface area contributed by atoms with Gasteiger partial charge in [-0.3, -0.25) is 9.40 Å². The van der Waals surface area contributed by atoms with Crippen molar-refractivity contribution in [3.8, 4) is 5.75 Å². The summed E-state index contributed by atoms with van der Waals surface area (Å²) in [6.45, 7) is 2.05. The highest BCUT2D eigenvalue weighted by molar-refractivity contribution is 7.92. The van der Waals surface area contributed by atoms with Crippen molar-refractivity contribution in [2.45, 2.75) is 42.8 Å². The minimum Gasteiger partial charge on any atom is -0.486 e. The van der Waals surface area contributed by atoms with Crippen molar-refractivity contribution >= 4 is 15.8 Å². The average Bonchev–Trinajstić information content (AvgIpc) is 3.21. The third-order valence-corrected chi connectivity index (χ3v) is 7.42. The molecule has 4 atom stereocenters. The summed E-state index contributed by atoms with van der Waals surface area (Å²) in [5.41, 5.74) is 0.904. The number of hydrogen-bond donors (Lipinski definition) is 1. The Morgan fingerprint density at radius 2 is 1.94 bits per heavy atom. The van der Waals surface area contributed by atoms with Gasteiger partial charge in [-0.15, -0.1) is 0 Å². The van der Waals surface area contributed by atoms with Gasteiger partial charge in [0.05, 0.1) is 6.10 Å². The maximum Gasteiger partial charge on any atom is 0.266 e. The maximum absolute atomic E-state index is 15.0. The zero-order valence-electron chi connectivity index (χ0n) is 18.9. The number of aryl methyl sites for hydroxylation is 1. The van der Waals surface area contributed by atoms with E-state index in [9.17, 15) is 12.8 Å². The highest BCUT2D eigenvalue weighted by Gasteiger charge is 2.40. The molecule has 1 saturated carbocycles. The molecule has 0 aliphatic heterocycles. The normalized spacial score (nSPS) is 23.0. The predicted octanol–water partition coefficient (Wildman–Crippen LogP) is 3.27. The van der Waals surface area contributed by atoms with Crippen LogP contribution in [0.4, 0.5) is 14.6 Å². The lowest BCUT2D eigenvalue weighted by Gasteiger charge is -2.40. The van der Waals surface area contributed by atoms with E-state index in [-0.39, 0.29) is 29.5 Å². The lowest BCUT2D eigenvalue weighted by molar-refractivity contribution is -0.0142. The van der Waals surface area contributed by atoms with Crippen molar-refractivity contribution in [1.29, 1.82) is 0 Å². The van der Waals surface area contributed by atoms with Crippen LogP contribution in [0.2, 0.25) is 0 Å². The lowest BCUT2D eigenvalue weighted by atomic mass is 9.75. The van der Waals surface area contributed by atoms with Crippen molar-refractivity contribution in [3.05, 3.63) is 60.3 Å². The van der Waals surface area contributed by atoms with Crippen LogP contribution < -0.4 is 9.46 Å². The molecule has 1 N–H and O–H groups in total. The van der Waals surface area contributed by atoms with Crippen molar-refractivity contribution in [1.82, 2.24) is 19.7 Å². The first kappa shape index (κ1) is 24.0. The first-order valence-electron chi connectivity index (χ1n) is 10.6. The summed E-state index contributed by atoms with van der Waals surface area (Å²) >= 11 is 0. The summed E-state index contributed by atoms with van der Waals surface area (Å²) in [5, 5.41) is 4.22. The fourth-order valence-electron chi connectivity index (χ4n) is 4.45. The molecule has 0 amide bonds. The first-order valence-corrected chi connectivity index (χ1v) is 12.1. The first-order chi connectivity index (χ1) is 16.2. The topological polar surface area (TPSA) is 108 Å². The number of ether oxygens (including phenoxy) is 2. The molecule has 1 aliphatic carbocycles. The fraction of sp³-hybridized carbons (Fsp3) is 0.409. The Bertz CT molecular complexity index is 1260. The minimum absolute atomic E-state index is 0.0732. The molecule has 0 spiro atoms. The van der Waals surface area contributed by atoms with Gasteiger partial charge in [0, 0.05) is 56.7 Å². The summed E-state index contributed by atoms with van der Waals surface area (Å²) in [4.78, 5) is 6.56. The Morgan fingerprint density at radius 1 is 1.15 bits per heavy atom. The monoisotopic (exact) mass is 493 g/mol. The van der Waals surface area contributed by atoms with Crippen molar-refractivity contribution in [2.24, 2.45) is 13.0 Å². The van der Waals surface area contributed by atoms with Crippen LogP contribution in [0.1, 0.15) is 31.4 Å². The van der Waals surface area contributed by atoms with E-state index in [0.29, 0.717) is 12.5 Å². The Balaban J connectivity index is 1.64. The molecular weight excluding hydrogens is 468 g/mol. The zero-order chi connectivity index (χ0) is 24.5. The molecule has 1 aromatic carbocycles. The van der Waals surface area contributed by atoms with Crippen LogP contribution in [0.15, 0.2) is 47.9 Å². The van der Waals surface area contributed by atoms with Gasteiger partial charge in [0.15, 0.2) is 11.6 Å². The number of nitrogens with one attached hydrogen (secondary N) is 1. The molecule has 34 heavy (non-hydrogen) atoms. The van der Waals surface area contributed by atoms with Gasteiger partial charge in [0.25, 0.3) is 10.0 Å². The second-order valence-corrected chi connectivity index (χ2v) is 9.93. The summed E-state index contributed by atoms with van der Waals surface area (Å²) < 4.78 is 70.5. The van der Waals surface area contributed by atoms with Crippen LogP contribution >= 0.6 is 0 Å². The van der Waals surface area contributed by atoms with E-state index >= 15 is 4.39 Å². The predicted molar refractivity (Wildman–Crippen MR) is 119 cm³/mol.